The standard InChI is InChI=1S/C17H25NO/c1-12-3-7-15(8-4-12)17(19)13(2)18(16-9-10-16)11-14-5-6-14/h3-4,7-8,13-14,16-17,19H,5-6,9-11H2,1-2H3. The maximum absolute atomic E-state index is 10.6. The van der Waals surface area contributed by atoms with E-state index in [2.05, 4.69) is 43.0 Å². The van der Waals surface area contributed by atoms with Crippen LogP contribution < -0.4 is 0 Å². The summed E-state index contributed by atoms with van der Waals surface area (Å²) >= 11 is 0. The second-order valence-corrected chi connectivity index (χ2v) is 6.47. The molecule has 2 saturated carbocycles. The molecule has 2 heteroatoms. The fraction of sp³-hybridized carbons (Fsp3) is 0.647. The highest BCUT2D eigenvalue weighted by Crippen LogP contribution is 2.38. The summed E-state index contributed by atoms with van der Waals surface area (Å²) < 4.78 is 0. The Labute approximate surface area is 116 Å². The Morgan fingerprint density at radius 2 is 1.79 bits per heavy atom. The van der Waals surface area contributed by atoms with E-state index in [0.29, 0.717) is 0 Å². The van der Waals surface area contributed by atoms with Crippen LogP contribution in [0.4, 0.5) is 0 Å². The molecule has 0 saturated heterocycles. The number of hydrogen-bond acceptors (Lipinski definition) is 2. The maximum Gasteiger partial charge on any atom is 0.0942 e. The fourth-order valence-corrected chi connectivity index (χ4v) is 2.88. The van der Waals surface area contributed by atoms with Gasteiger partial charge in [-0.05, 0) is 51.0 Å². The molecule has 2 unspecified atom stereocenters. The summed E-state index contributed by atoms with van der Waals surface area (Å²) in [6, 6.07) is 9.28. The van der Waals surface area contributed by atoms with E-state index >= 15 is 0 Å². The largest absolute Gasteiger partial charge is 0.387 e. The van der Waals surface area contributed by atoms with Crippen LogP contribution in [0.3, 0.4) is 0 Å². The molecule has 19 heavy (non-hydrogen) atoms. The van der Waals surface area contributed by atoms with E-state index in [9.17, 15) is 5.11 Å². The summed E-state index contributed by atoms with van der Waals surface area (Å²) in [7, 11) is 0. The molecular weight excluding hydrogens is 234 g/mol. The molecule has 3 rings (SSSR count). The van der Waals surface area contributed by atoms with Gasteiger partial charge in [-0.1, -0.05) is 29.8 Å². The van der Waals surface area contributed by atoms with Crippen LogP contribution in [-0.2, 0) is 0 Å². The molecule has 0 heterocycles. The Morgan fingerprint density at radius 3 is 2.32 bits per heavy atom. The van der Waals surface area contributed by atoms with Crippen molar-refractivity contribution < 1.29 is 5.11 Å². The zero-order chi connectivity index (χ0) is 13.4. The Bertz CT molecular complexity index is 419. The minimum atomic E-state index is -0.361. The molecule has 0 aromatic heterocycles. The summed E-state index contributed by atoms with van der Waals surface area (Å²) in [6.07, 6.45) is 5.04. The fourth-order valence-electron chi connectivity index (χ4n) is 2.88. The summed E-state index contributed by atoms with van der Waals surface area (Å²) in [5, 5.41) is 10.6. The molecule has 1 aromatic rings. The SMILES string of the molecule is Cc1ccc(C(O)C(C)N(CC2CC2)C2CC2)cc1. The van der Waals surface area contributed by atoms with Crippen LogP contribution in [0.2, 0.25) is 0 Å². The number of nitrogens with zero attached hydrogens (tertiary/aromatic N) is 1. The van der Waals surface area contributed by atoms with Gasteiger partial charge in [0.1, 0.15) is 0 Å². The van der Waals surface area contributed by atoms with Gasteiger partial charge >= 0.3 is 0 Å². The first-order chi connectivity index (χ1) is 9.15. The van der Waals surface area contributed by atoms with Gasteiger partial charge in [0.25, 0.3) is 0 Å². The first kappa shape index (κ1) is 13.1. The summed E-state index contributed by atoms with van der Waals surface area (Å²) in [6.45, 7) is 5.46. The number of rotatable bonds is 6. The molecule has 1 N–H and O–H groups in total. The average Bonchev–Trinajstić information content (AvgIpc) is 3.28. The van der Waals surface area contributed by atoms with E-state index in [1.165, 1.54) is 37.8 Å². The highest BCUT2D eigenvalue weighted by molar-refractivity contribution is 5.24. The van der Waals surface area contributed by atoms with Gasteiger partial charge in [-0.3, -0.25) is 4.90 Å². The lowest BCUT2D eigenvalue weighted by molar-refractivity contribution is 0.0500. The van der Waals surface area contributed by atoms with Crippen molar-refractivity contribution in [3.63, 3.8) is 0 Å². The van der Waals surface area contributed by atoms with Crippen molar-refractivity contribution in [1.29, 1.82) is 0 Å². The van der Waals surface area contributed by atoms with Crippen molar-refractivity contribution in [2.45, 2.75) is 57.7 Å². The first-order valence-corrected chi connectivity index (χ1v) is 7.65. The minimum Gasteiger partial charge on any atom is -0.387 e. The van der Waals surface area contributed by atoms with Crippen LogP contribution >= 0.6 is 0 Å². The Kier molecular flexibility index (Phi) is 3.64. The van der Waals surface area contributed by atoms with Gasteiger partial charge in [-0.2, -0.15) is 0 Å². The van der Waals surface area contributed by atoms with E-state index in [4.69, 9.17) is 0 Å². The molecule has 1 aromatic carbocycles. The molecule has 2 aliphatic rings. The van der Waals surface area contributed by atoms with Crippen LogP contribution in [0.25, 0.3) is 0 Å². The second-order valence-electron chi connectivity index (χ2n) is 6.47. The van der Waals surface area contributed by atoms with Gasteiger partial charge in [0.05, 0.1) is 6.10 Å². The lowest BCUT2D eigenvalue weighted by Crippen LogP contribution is -2.40. The molecular formula is C17H25NO. The minimum absolute atomic E-state index is 0.232. The summed E-state index contributed by atoms with van der Waals surface area (Å²) in [5.41, 5.74) is 2.31. The molecule has 2 nitrogen and oxygen atoms in total. The predicted molar refractivity (Wildman–Crippen MR) is 78.1 cm³/mol. The van der Waals surface area contributed by atoms with Crippen molar-refractivity contribution in [3.8, 4) is 0 Å². The topological polar surface area (TPSA) is 23.5 Å². The van der Waals surface area contributed by atoms with Gasteiger partial charge in [0.15, 0.2) is 0 Å². The zero-order valence-electron chi connectivity index (χ0n) is 12.0. The smallest absolute Gasteiger partial charge is 0.0942 e. The third-order valence-corrected chi connectivity index (χ3v) is 4.58. The summed E-state index contributed by atoms with van der Waals surface area (Å²) in [4.78, 5) is 2.56. The van der Waals surface area contributed by atoms with Gasteiger partial charge in [-0.25, -0.2) is 0 Å². The van der Waals surface area contributed by atoms with E-state index in [1.54, 1.807) is 0 Å². The first-order valence-electron chi connectivity index (χ1n) is 7.65. The molecule has 0 spiro atoms. The number of aliphatic hydroxyl groups is 1. The Balaban J connectivity index is 1.69. The number of aliphatic hydroxyl groups excluding tert-OH is 1. The molecule has 0 aliphatic heterocycles. The molecule has 2 fully saturated rings. The van der Waals surface area contributed by atoms with Crippen molar-refractivity contribution in [3.05, 3.63) is 35.4 Å². The predicted octanol–water partition coefficient (Wildman–Crippen LogP) is 3.29. The van der Waals surface area contributed by atoms with Gasteiger partial charge in [-0.15, -0.1) is 0 Å². The monoisotopic (exact) mass is 259 g/mol. The van der Waals surface area contributed by atoms with E-state index in [-0.39, 0.29) is 12.1 Å². The molecule has 0 bridgehead atoms. The van der Waals surface area contributed by atoms with Gasteiger partial charge in [0.2, 0.25) is 0 Å². The molecule has 2 aliphatic carbocycles. The van der Waals surface area contributed by atoms with E-state index in [1.807, 2.05) is 0 Å². The normalized spacial score (nSPS) is 22.5. The van der Waals surface area contributed by atoms with E-state index < -0.39 is 0 Å². The van der Waals surface area contributed by atoms with Gasteiger partial charge in [0, 0.05) is 18.6 Å². The quantitative estimate of drug-likeness (QED) is 0.847. The third-order valence-electron chi connectivity index (χ3n) is 4.58. The molecule has 0 amide bonds. The average molecular weight is 259 g/mol. The zero-order valence-corrected chi connectivity index (χ0v) is 12.0. The lowest BCUT2D eigenvalue weighted by atomic mass is 10.0. The van der Waals surface area contributed by atoms with Gasteiger partial charge < -0.3 is 5.11 Å². The molecule has 0 radical (unpaired) electrons. The van der Waals surface area contributed by atoms with Crippen molar-refractivity contribution in [1.82, 2.24) is 4.90 Å². The molecule has 104 valence electrons. The highest BCUT2D eigenvalue weighted by atomic mass is 16.3. The van der Waals surface area contributed by atoms with Crippen LogP contribution in [0.5, 0.6) is 0 Å². The van der Waals surface area contributed by atoms with Crippen molar-refractivity contribution >= 4 is 0 Å². The number of benzene rings is 1. The molecule has 2 atom stereocenters. The van der Waals surface area contributed by atoms with E-state index in [0.717, 1.165) is 17.5 Å². The lowest BCUT2D eigenvalue weighted by Gasteiger charge is -2.33. The number of aryl methyl sites for hydroxylation is 1. The number of hydrogen-bond donors (Lipinski definition) is 1. The maximum atomic E-state index is 10.6. The van der Waals surface area contributed by atoms with Crippen LogP contribution in [-0.4, -0.2) is 28.6 Å². The summed E-state index contributed by atoms with van der Waals surface area (Å²) in [5.74, 6) is 0.897. The Hall–Kier alpha value is -0.860. The van der Waals surface area contributed by atoms with Crippen molar-refractivity contribution in [2.24, 2.45) is 5.92 Å². The highest BCUT2D eigenvalue weighted by Gasteiger charge is 2.38. The van der Waals surface area contributed by atoms with Crippen LogP contribution in [0.15, 0.2) is 24.3 Å². The van der Waals surface area contributed by atoms with Crippen LogP contribution in [0.1, 0.15) is 49.8 Å². The third kappa shape index (κ3) is 3.18. The van der Waals surface area contributed by atoms with Crippen LogP contribution in [0, 0.1) is 12.8 Å². The van der Waals surface area contributed by atoms with Crippen molar-refractivity contribution in [2.75, 3.05) is 6.54 Å². The Morgan fingerprint density at radius 1 is 1.16 bits per heavy atom. The second kappa shape index (κ2) is 5.26.